The van der Waals surface area contributed by atoms with Gasteiger partial charge in [0.25, 0.3) is 0 Å². The summed E-state index contributed by atoms with van der Waals surface area (Å²) in [6, 6.07) is 4.51. The molecule has 2 rings (SSSR count). The summed E-state index contributed by atoms with van der Waals surface area (Å²) in [4.78, 5) is 0. The first-order chi connectivity index (χ1) is 6.22. The van der Waals surface area contributed by atoms with Gasteiger partial charge in [-0.3, -0.25) is 0 Å². The Morgan fingerprint density at radius 2 is 2.08 bits per heavy atom. The third-order valence-corrected chi connectivity index (χ3v) is 3.82. The molecule has 0 aliphatic carbocycles. The van der Waals surface area contributed by atoms with Gasteiger partial charge < -0.3 is 0 Å². The minimum Gasteiger partial charge on any atom is -0.143 e. The molecule has 0 aliphatic heterocycles. The largest absolute Gasteiger partial charge is 0.143 e. The van der Waals surface area contributed by atoms with Crippen LogP contribution in [0, 0.1) is 13.8 Å². The van der Waals surface area contributed by atoms with Crippen molar-refractivity contribution in [2.45, 2.75) is 19.2 Å². The highest BCUT2D eigenvalue weighted by Crippen LogP contribution is 2.31. The predicted octanol–water partition coefficient (Wildman–Crippen LogP) is 4.41. The lowest BCUT2D eigenvalue weighted by atomic mass is 10.1. The van der Waals surface area contributed by atoms with E-state index in [9.17, 15) is 0 Å². The highest BCUT2D eigenvalue weighted by Gasteiger charge is 2.05. The van der Waals surface area contributed by atoms with Crippen LogP contribution in [0.3, 0.4) is 0 Å². The van der Waals surface area contributed by atoms with Crippen LogP contribution in [0.4, 0.5) is 0 Å². The van der Waals surface area contributed by atoms with E-state index in [2.05, 4.69) is 47.3 Å². The molecule has 0 bridgehead atoms. The highest BCUT2D eigenvalue weighted by molar-refractivity contribution is 9.08. The first kappa shape index (κ1) is 9.22. The van der Waals surface area contributed by atoms with Crippen LogP contribution in [0.2, 0.25) is 0 Å². The molecular weight excluding hydrogens is 244 g/mol. The quantitative estimate of drug-likeness (QED) is 0.662. The van der Waals surface area contributed by atoms with Crippen molar-refractivity contribution in [3.8, 4) is 0 Å². The maximum Gasteiger partial charge on any atom is 0.0351 e. The Bertz CT molecular complexity index is 443. The molecule has 13 heavy (non-hydrogen) atoms. The van der Waals surface area contributed by atoms with Crippen LogP contribution >= 0.6 is 27.3 Å². The molecule has 1 heterocycles. The number of aryl methyl sites for hydroxylation is 2. The Labute approximate surface area is 90.7 Å². The molecule has 0 aliphatic rings. The number of hydrogen-bond acceptors (Lipinski definition) is 1. The van der Waals surface area contributed by atoms with Gasteiger partial charge in [-0.15, -0.1) is 11.3 Å². The maximum absolute atomic E-state index is 3.52. The number of fused-ring (bicyclic) bond motifs is 1. The molecule has 0 saturated heterocycles. The van der Waals surface area contributed by atoms with Crippen molar-refractivity contribution < 1.29 is 0 Å². The number of halogens is 1. The summed E-state index contributed by atoms with van der Waals surface area (Å²) in [5.41, 5.74) is 4.16. The Hall–Kier alpha value is -0.340. The standard InChI is InChI=1S/C11H11BrS/c1-7-3-8(2)11-9(5-12)6-13-10(11)4-7/h3-4,6H,5H2,1-2H3. The normalized spacial score (nSPS) is 11.0. The zero-order valence-electron chi connectivity index (χ0n) is 7.73. The second-order valence-corrected chi connectivity index (χ2v) is 4.82. The van der Waals surface area contributed by atoms with E-state index >= 15 is 0 Å². The van der Waals surface area contributed by atoms with Crippen LogP contribution in [0.25, 0.3) is 10.1 Å². The van der Waals surface area contributed by atoms with Crippen molar-refractivity contribution in [3.05, 3.63) is 34.2 Å². The lowest BCUT2D eigenvalue weighted by Gasteiger charge is -2.00. The van der Waals surface area contributed by atoms with E-state index < -0.39 is 0 Å². The van der Waals surface area contributed by atoms with E-state index in [4.69, 9.17) is 0 Å². The topological polar surface area (TPSA) is 0 Å². The minimum atomic E-state index is 0.955. The molecule has 0 unspecified atom stereocenters. The van der Waals surface area contributed by atoms with Crippen molar-refractivity contribution in [1.82, 2.24) is 0 Å². The lowest BCUT2D eigenvalue weighted by Crippen LogP contribution is -1.80. The molecule has 0 spiro atoms. The van der Waals surface area contributed by atoms with Crippen molar-refractivity contribution >= 4 is 37.4 Å². The average Bonchev–Trinajstić information content (AvgIpc) is 2.47. The second-order valence-electron chi connectivity index (χ2n) is 3.35. The monoisotopic (exact) mass is 254 g/mol. The fraction of sp³-hybridized carbons (Fsp3) is 0.273. The van der Waals surface area contributed by atoms with Crippen LogP contribution in [0.1, 0.15) is 16.7 Å². The fourth-order valence-corrected chi connectivity index (χ4v) is 3.52. The third kappa shape index (κ3) is 1.53. The molecular formula is C11H11BrS. The van der Waals surface area contributed by atoms with Crippen LogP contribution in [-0.2, 0) is 5.33 Å². The van der Waals surface area contributed by atoms with Gasteiger partial charge >= 0.3 is 0 Å². The van der Waals surface area contributed by atoms with E-state index in [1.165, 1.54) is 26.8 Å². The molecule has 0 fully saturated rings. The van der Waals surface area contributed by atoms with Crippen molar-refractivity contribution in [2.75, 3.05) is 0 Å². The van der Waals surface area contributed by atoms with Gasteiger partial charge in [-0.1, -0.05) is 22.0 Å². The zero-order chi connectivity index (χ0) is 9.42. The Balaban J connectivity index is 2.82. The molecule has 1 aromatic carbocycles. The molecule has 2 aromatic rings. The summed E-state index contributed by atoms with van der Waals surface area (Å²) in [5.74, 6) is 0. The summed E-state index contributed by atoms with van der Waals surface area (Å²) in [5, 5.41) is 4.63. The van der Waals surface area contributed by atoms with Gasteiger partial charge in [0.1, 0.15) is 0 Å². The van der Waals surface area contributed by atoms with E-state index in [1.54, 1.807) is 0 Å². The third-order valence-electron chi connectivity index (χ3n) is 2.24. The summed E-state index contributed by atoms with van der Waals surface area (Å²) >= 11 is 5.35. The van der Waals surface area contributed by atoms with E-state index in [0.717, 1.165) is 5.33 Å². The van der Waals surface area contributed by atoms with E-state index in [0.29, 0.717) is 0 Å². The SMILES string of the molecule is Cc1cc(C)c2c(CBr)csc2c1. The predicted molar refractivity (Wildman–Crippen MR) is 63.9 cm³/mol. The molecule has 0 atom stereocenters. The number of hydrogen-bond donors (Lipinski definition) is 0. The Kier molecular flexibility index (Phi) is 2.43. The van der Waals surface area contributed by atoms with Gasteiger partial charge in [0.05, 0.1) is 0 Å². The average molecular weight is 255 g/mol. The maximum atomic E-state index is 3.52. The molecule has 0 saturated carbocycles. The van der Waals surface area contributed by atoms with Crippen molar-refractivity contribution in [1.29, 1.82) is 0 Å². The van der Waals surface area contributed by atoms with Crippen LogP contribution in [0.15, 0.2) is 17.5 Å². The molecule has 0 N–H and O–H groups in total. The highest BCUT2D eigenvalue weighted by atomic mass is 79.9. The number of alkyl halides is 1. The minimum absolute atomic E-state index is 0.955. The van der Waals surface area contributed by atoms with Gasteiger partial charge in [-0.2, -0.15) is 0 Å². The Morgan fingerprint density at radius 3 is 2.77 bits per heavy atom. The van der Waals surface area contributed by atoms with E-state index in [1.807, 2.05) is 11.3 Å². The molecule has 0 amide bonds. The van der Waals surface area contributed by atoms with Crippen molar-refractivity contribution in [2.24, 2.45) is 0 Å². The van der Waals surface area contributed by atoms with Crippen LogP contribution in [-0.4, -0.2) is 0 Å². The lowest BCUT2D eigenvalue weighted by molar-refractivity contribution is 1.42. The zero-order valence-corrected chi connectivity index (χ0v) is 10.1. The van der Waals surface area contributed by atoms with Gasteiger partial charge in [-0.25, -0.2) is 0 Å². The van der Waals surface area contributed by atoms with Gasteiger partial charge in [0.15, 0.2) is 0 Å². The second kappa shape index (κ2) is 3.43. The smallest absolute Gasteiger partial charge is 0.0351 e. The fourth-order valence-electron chi connectivity index (χ4n) is 1.72. The first-order valence-electron chi connectivity index (χ1n) is 4.25. The van der Waals surface area contributed by atoms with Crippen LogP contribution < -0.4 is 0 Å². The van der Waals surface area contributed by atoms with Gasteiger partial charge in [0, 0.05) is 10.0 Å². The first-order valence-corrected chi connectivity index (χ1v) is 6.26. The van der Waals surface area contributed by atoms with Crippen LogP contribution in [0.5, 0.6) is 0 Å². The molecule has 68 valence electrons. The van der Waals surface area contributed by atoms with E-state index in [-0.39, 0.29) is 0 Å². The van der Waals surface area contributed by atoms with Crippen molar-refractivity contribution in [3.63, 3.8) is 0 Å². The summed E-state index contributed by atoms with van der Waals surface area (Å²) in [6.07, 6.45) is 0. The summed E-state index contributed by atoms with van der Waals surface area (Å²) in [7, 11) is 0. The number of thiophene rings is 1. The molecule has 0 radical (unpaired) electrons. The molecule has 1 aromatic heterocycles. The number of rotatable bonds is 1. The Morgan fingerprint density at radius 1 is 1.31 bits per heavy atom. The summed E-state index contributed by atoms with van der Waals surface area (Å²) < 4.78 is 1.41. The molecule has 2 heteroatoms. The summed E-state index contributed by atoms with van der Waals surface area (Å²) in [6.45, 7) is 4.34. The number of benzene rings is 1. The van der Waals surface area contributed by atoms with Gasteiger partial charge in [0.2, 0.25) is 0 Å². The molecule has 0 nitrogen and oxygen atoms in total. The van der Waals surface area contributed by atoms with Gasteiger partial charge in [-0.05, 0) is 47.4 Å².